The van der Waals surface area contributed by atoms with E-state index in [1.54, 1.807) is 36.4 Å². The van der Waals surface area contributed by atoms with Gasteiger partial charge in [-0.1, -0.05) is 53.6 Å². The highest BCUT2D eigenvalue weighted by Gasteiger charge is 2.39. The summed E-state index contributed by atoms with van der Waals surface area (Å²) >= 11 is 0. The second kappa shape index (κ2) is 7.55. The smallest absolute Gasteiger partial charge is 0.355 e. The summed E-state index contributed by atoms with van der Waals surface area (Å²) in [5.74, 6) is -0.302. The van der Waals surface area contributed by atoms with Gasteiger partial charge in [-0.3, -0.25) is 4.79 Å². The highest BCUT2D eigenvalue weighted by Crippen LogP contribution is 2.39. The van der Waals surface area contributed by atoms with Crippen LogP contribution in [-0.2, 0) is 9.53 Å². The van der Waals surface area contributed by atoms with E-state index in [1.165, 1.54) is 18.9 Å². The highest BCUT2D eigenvalue weighted by atomic mass is 16.5. The molecule has 3 aromatic rings. The number of rotatable bonds is 5. The minimum atomic E-state index is -0.792. The Balaban J connectivity index is 1.99. The molecule has 0 saturated carbocycles. The van der Waals surface area contributed by atoms with E-state index in [4.69, 9.17) is 9.47 Å². The van der Waals surface area contributed by atoms with Crippen LogP contribution in [0, 0.1) is 0 Å². The van der Waals surface area contributed by atoms with Crippen molar-refractivity contribution in [1.29, 1.82) is 0 Å². The van der Waals surface area contributed by atoms with Gasteiger partial charge in [-0.2, -0.15) is 4.68 Å². The van der Waals surface area contributed by atoms with Crippen molar-refractivity contribution in [3.63, 3.8) is 0 Å². The normalized spacial score (nSPS) is 15.3. The number of ketones is 1. The van der Waals surface area contributed by atoms with Gasteiger partial charge in [-0.15, -0.1) is 0 Å². The summed E-state index contributed by atoms with van der Waals surface area (Å²) in [6, 6.07) is 15.1. The summed E-state index contributed by atoms with van der Waals surface area (Å²) < 4.78 is 11.9. The average molecular weight is 391 g/mol. The Bertz CT molecular complexity index is 1110. The van der Waals surface area contributed by atoms with E-state index in [2.05, 4.69) is 20.8 Å². The Hall–Kier alpha value is -4.01. The largest absolute Gasteiger partial charge is 0.496 e. The molecule has 29 heavy (non-hydrogen) atoms. The maximum atomic E-state index is 13.5. The number of anilines is 1. The lowest BCUT2D eigenvalue weighted by Gasteiger charge is -2.28. The van der Waals surface area contributed by atoms with Crippen LogP contribution in [0.4, 0.5) is 5.95 Å². The number of carbonyl (C=O) groups is 2. The Morgan fingerprint density at radius 1 is 1.03 bits per heavy atom. The standard InChI is InChI=1S/C20H17N5O4/c1-28-14-11-7-6-10-13(14)17-15(18(26)12-8-4-3-5-9-12)16(19(27)29-2)21-20-22-23-24-25(17)20/h3-11,17H,1-2H3,(H,21,22,24)/t17-/m0/s1. The topological polar surface area (TPSA) is 108 Å². The fourth-order valence-electron chi connectivity index (χ4n) is 3.31. The number of benzene rings is 2. The van der Waals surface area contributed by atoms with E-state index in [9.17, 15) is 9.59 Å². The molecule has 1 aromatic heterocycles. The molecule has 4 rings (SSSR count). The van der Waals surface area contributed by atoms with Crippen molar-refractivity contribution < 1.29 is 19.1 Å². The molecule has 2 aromatic carbocycles. The van der Waals surface area contributed by atoms with Crippen LogP contribution < -0.4 is 10.1 Å². The number of aromatic nitrogens is 4. The maximum absolute atomic E-state index is 13.5. The number of hydrogen-bond acceptors (Lipinski definition) is 8. The third-order valence-electron chi connectivity index (χ3n) is 4.62. The fraction of sp³-hybridized carbons (Fsp3) is 0.150. The van der Waals surface area contributed by atoms with Crippen molar-refractivity contribution in [2.75, 3.05) is 19.5 Å². The first kappa shape index (κ1) is 18.4. The SMILES string of the molecule is COC(=O)C1=C(C(=O)c2ccccc2)[C@H](c2ccccc2OC)n2nnnc2N1. The average Bonchev–Trinajstić information content (AvgIpc) is 3.25. The van der Waals surface area contributed by atoms with Crippen LogP contribution in [0.15, 0.2) is 65.9 Å². The van der Waals surface area contributed by atoms with Gasteiger partial charge in [0.1, 0.15) is 17.5 Å². The lowest BCUT2D eigenvalue weighted by atomic mass is 9.89. The van der Waals surface area contributed by atoms with Crippen LogP contribution in [0.2, 0.25) is 0 Å². The Kier molecular flexibility index (Phi) is 4.78. The predicted octanol–water partition coefficient (Wildman–Crippen LogP) is 2.01. The Labute approximate surface area is 165 Å². The number of carbonyl (C=O) groups excluding carboxylic acids is 2. The molecule has 0 aliphatic carbocycles. The van der Waals surface area contributed by atoms with Crippen LogP contribution in [0.1, 0.15) is 22.0 Å². The zero-order valence-corrected chi connectivity index (χ0v) is 15.7. The number of tetrazole rings is 1. The third kappa shape index (κ3) is 3.12. The lowest BCUT2D eigenvalue weighted by Crippen LogP contribution is -2.33. The van der Waals surface area contributed by atoms with Crippen LogP contribution in [0.3, 0.4) is 0 Å². The number of methoxy groups -OCH3 is 2. The first-order chi connectivity index (χ1) is 14.2. The number of ether oxygens (including phenoxy) is 2. The van der Waals surface area contributed by atoms with Gasteiger partial charge in [0, 0.05) is 11.1 Å². The maximum Gasteiger partial charge on any atom is 0.355 e. The van der Waals surface area contributed by atoms with Gasteiger partial charge in [-0.05, 0) is 16.5 Å². The van der Waals surface area contributed by atoms with Crippen molar-refractivity contribution in [3.05, 3.63) is 77.0 Å². The zero-order valence-electron chi connectivity index (χ0n) is 15.7. The van der Waals surface area contributed by atoms with Gasteiger partial charge in [0.15, 0.2) is 5.78 Å². The number of fused-ring (bicyclic) bond motifs is 1. The molecule has 146 valence electrons. The lowest BCUT2D eigenvalue weighted by molar-refractivity contribution is -0.136. The fourth-order valence-corrected chi connectivity index (χ4v) is 3.31. The molecule has 1 atom stereocenters. The summed E-state index contributed by atoms with van der Waals surface area (Å²) in [4.78, 5) is 26.1. The van der Waals surface area contributed by atoms with Gasteiger partial charge in [0.25, 0.3) is 0 Å². The minimum absolute atomic E-state index is 0.0143. The summed E-state index contributed by atoms with van der Waals surface area (Å²) in [7, 11) is 2.78. The molecule has 1 aliphatic rings. The monoisotopic (exact) mass is 391 g/mol. The van der Waals surface area contributed by atoms with Crippen LogP contribution in [0.5, 0.6) is 5.75 Å². The van der Waals surface area contributed by atoms with Gasteiger partial charge < -0.3 is 14.8 Å². The van der Waals surface area contributed by atoms with E-state index in [-0.39, 0.29) is 23.0 Å². The minimum Gasteiger partial charge on any atom is -0.496 e. The molecule has 9 heteroatoms. The number of Topliss-reactive ketones (excluding diaryl/α,β-unsaturated/α-hetero) is 1. The summed E-state index contributed by atoms with van der Waals surface area (Å²) in [6.07, 6.45) is 0. The first-order valence-electron chi connectivity index (χ1n) is 8.75. The van der Waals surface area contributed by atoms with Gasteiger partial charge in [0.2, 0.25) is 5.95 Å². The molecular formula is C20H17N5O4. The molecule has 0 fully saturated rings. The van der Waals surface area contributed by atoms with Gasteiger partial charge in [-0.25, -0.2) is 4.79 Å². The molecule has 0 saturated heterocycles. The second-order valence-corrected chi connectivity index (χ2v) is 6.19. The molecule has 0 amide bonds. The van der Waals surface area contributed by atoms with Crippen molar-refractivity contribution in [3.8, 4) is 5.75 Å². The van der Waals surface area contributed by atoms with Crippen LogP contribution in [0.25, 0.3) is 0 Å². The molecule has 1 N–H and O–H groups in total. The van der Waals surface area contributed by atoms with E-state index in [1.807, 2.05) is 18.2 Å². The van der Waals surface area contributed by atoms with E-state index >= 15 is 0 Å². The van der Waals surface area contributed by atoms with Crippen molar-refractivity contribution >= 4 is 17.7 Å². The predicted molar refractivity (Wildman–Crippen MR) is 102 cm³/mol. The van der Waals surface area contributed by atoms with E-state index in [0.717, 1.165) is 0 Å². The van der Waals surface area contributed by atoms with Gasteiger partial charge in [0.05, 0.1) is 19.8 Å². The highest BCUT2D eigenvalue weighted by molar-refractivity contribution is 6.14. The molecule has 0 spiro atoms. The zero-order chi connectivity index (χ0) is 20.4. The summed E-state index contributed by atoms with van der Waals surface area (Å²) in [5.41, 5.74) is 1.19. The second-order valence-electron chi connectivity index (χ2n) is 6.19. The van der Waals surface area contributed by atoms with Crippen molar-refractivity contribution in [2.45, 2.75) is 6.04 Å². The van der Waals surface area contributed by atoms with Crippen LogP contribution in [-0.4, -0.2) is 46.2 Å². The molecule has 0 radical (unpaired) electrons. The Morgan fingerprint density at radius 2 is 1.76 bits per heavy atom. The molecule has 0 unspecified atom stereocenters. The number of nitrogens with one attached hydrogen (secondary N) is 1. The first-order valence-corrected chi connectivity index (χ1v) is 8.75. The van der Waals surface area contributed by atoms with Gasteiger partial charge >= 0.3 is 5.97 Å². The van der Waals surface area contributed by atoms with Crippen LogP contribution >= 0.6 is 0 Å². The Morgan fingerprint density at radius 3 is 2.48 bits per heavy atom. The number of esters is 1. The van der Waals surface area contributed by atoms with E-state index in [0.29, 0.717) is 16.9 Å². The number of nitrogens with zero attached hydrogens (tertiary/aromatic N) is 4. The molecule has 1 aliphatic heterocycles. The van der Waals surface area contributed by atoms with E-state index < -0.39 is 12.0 Å². The molecule has 2 heterocycles. The summed E-state index contributed by atoms with van der Waals surface area (Å²) in [5, 5.41) is 14.5. The molecular weight excluding hydrogens is 374 g/mol. The van der Waals surface area contributed by atoms with Crippen molar-refractivity contribution in [1.82, 2.24) is 20.2 Å². The van der Waals surface area contributed by atoms with Crippen molar-refractivity contribution in [2.24, 2.45) is 0 Å². The molecule has 9 nitrogen and oxygen atoms in total. The number of para-hydroxylation sites is 1. The number of hydrogen-bond donors (Lipinski definition) is 1. The quantitative estimate of drug-likeness (QED) is 0.520. The third-order valence-corrected chi connectivity index (χ3v) is 4.62. The number of allylic oxidation sites excluding steroid dienone is 1. The molecule has 0 bridgehead atoms. The summed E-state index contributed by atoms with van der Waals surface area (Å²) in [6.45, 7) is 0.